The lowest BCUT2D eigenvalue weighted by Gasteiger charge is -1.93. The van der Waals surface area contributed by atoms with Crippen molar-refractivity contribution in [3.05, 3.63) is 30.6 Å². The number of hydrogen-bond donors (Lipinski definition) is 0. The van der Waals surface area contributed by atoms with Gasteiger partial charge in [-0.1, -0.05) is 0 Å². The highest BCUT2D eigenvalue weighted by Gasteiger charge is 1.98. The average molecular weight is 204 g/mol. The number of alkyl halides is 1. The molecule has 0 saturated carbocycles. The molecule has 0 unspecified atom stereocenters. The molecule has 0 aromatic carbocycles. The fraction of sp³-hybridized carbons (Fsp3) is 0.143. The van der Waals surface area contributed by atoms with Crippen LogP contribution in [0.2, 0.25) is 0 Å². The summed E-state index contributed by atoms with van der Waals surface area (Å²) in [5.41, 5.74) is 0.975. The molecule has 2 heterocycles. The van der Waals surface area contributed by atoms with Gasteiger partial charge in [-0.2, -0.15) is 0 Å². The summed E-state index contributed by atoms with van der Waals surface area (Å²) in [6.07, 6.45) is 7.07. The summed E-state index contributed by atoms with van der Waals surface area (Å²) in [6.45, 7) is 0. The predicted octanol–water partition coefficient (Wildman–Crippen LogP) is 1.89. The van der Waals surface area contributed by atoms with E-state index in [1.165, 1.54) is 0 Å². The Balaban J connectivity index is 0.000000720. The Morgan fingerprint density at radius 3 is 3.00 bits per heavy atom. The molecule has 0 fully saturated rings. The highest BCUT2D eigenvalue weighted by atomic mass is 35.5. The molecule has 2 aromatic heterocycles. The van der Waals surface area contributed by atoms with Gasteiger partial charge in [0.2, 0.25) is 0 Å². The van der Waals surface area contributed by atoms with Crippen LogP contribution in [0.4, 0.5) is 0 Å². The first kappa shape index (κ1) is 9.29. The van der Waals surface area contributed by atoms with E-state index in [1.54, 1.807) is 18.6 Å². The Kier molecular flexibility index (Phi) is 2.89. The molecule has 0 saturated heterocycles. The topological polar surface area (TPSA) is 30.2 Å². The molecule has 2 aromatic rings. The number of aromatic nitrogens is 3. The van der Waals surface area contributed by atoms with Gasteiger partial charge in [0.25, 0.3) is 0 Å². The minimum absolute atomic E-state index is 0. The van der Waals surface area contributed by atoms with E-state index in [2.05, 4.69) is 9.97 Å². The van der Waals surface area contributed by atoms with Gasteiger partial charge in [-0.25, -0.2) is 4.98 Å². The number of imidazole rings is 1. The molecule has 0 amide bonds. The van der Waals surface area contributed by atoms with Crippen LogP contribution in [-0.4, -0.2) is 14.4 Å². The number of hydrogen-bond acceptors (Lipinski definition) is 2. The molecular formula is C7H7Cl2N3. The van der Waals surface area contributed by atoms with Crippen LogP contribution in [0.5, 0.6) is 0 Å². The van der Waals surface area contributed by atoms with Gasteiger partial charge in [0.05, 0.1) is 23.8 Å². The van der Waals surface area contributed by atoms with Gasteiger partial charge in [0, 0.05) is 12.4 Å². The molecular weight excluding hydrogens is 197 g/mol. The Labute approximate surface area is 80.8 Å². The van der Waals surface area contributed by atoms with Gasteiger partial charge in [-0.05, 0) is 0 Å². The van der Waals surface area contributed by atoms with Crippen molar-refractivity contribution in [2.75, 3.05) is 0 Å². The van der Waals surface area contributed by atoms with Crippen molar-refractivity contribution in [3.63, 3.8) is 0 Å². The first-order valence-corrected chi connectivity index (χ1v) is 3.77. The van der Waals surface area contributed by atoms with Crippen molar-refractivity contribution in [2.45, 2.75) is 5.88 Å². The van der Waals surface area contributed by atoms with E-state index in [1.807, 2.05) is 10.6 Å². The van der Waals surface area contributed by atoms with E-state index in [9.17, 15) is 0 Å². The molecule has 0 N–H and O–H groups in total. The van der Waals surface area contributed by atoms with E-state index in [0.717, 1.165) is 11.3 Å². The third-order valence-corrected chi connectivity index (χ3v) is 1.77. The van der Waals surface area contributed by atoms with Gasteiger partial charge in [0.15, 0.2) is 0 Å². The summed E-state index contributed by atoms with van der Waals surface area (Å²) in [7, 11) is 0. The largest absolute Gasteiger partial charge is 0.300 e. The van der Waals surface area contributed by atoms with Gasteiger partial charge < -0.3 is 0 Å². The molecule has 5 heteroatoms. The summed E-state index contributed by atoms with van der Waals surface area (Å²) >= 11 is 5.64. The average Bonchev–Trinajstić information content (AvgIpc) is 2.47. The van der Waals surface area contributed by atoms with Crippen LogP contribution in [0.25, 0.3) is 5.52 Å². The van der Waals surface area contributed by atoms with Crippen LogP contribution < -0.4 is 0 Å². The van der Waals surface area contributed by atoms with Gasteiger partial charge in [0.1, 0.15) is 5.82 Å². The zero-order valence-electron chi connectivity index (χ0n) is 6.14. The minimum Gasteiger partial charge on any atom is -0.300 e. The van der Waals surface area contributed by atoms with Crippen molar-refractivity contribution in [1.82, 2.24) is 14.4 Å². The van der Waals surface area contributed by atoms with Crippen molar-refractivity contribution in [1.29, 1.82) is 0 Å². The minimum atomic E-state index is 0. The SMILES string of the molecule is Cl.ClCc1ncc2cnccn12. The van der Waals surface area contributed by atoms with Crippen LogP contribution in [0.1, 0.15) is 5.82 Å². The monoisotopic (exact) mass is 203 g/mol. The molecule has 0 spiro atoms. The normalized spacial score (nSPS) is 9.75. The third-order valence-electron chi connectivity index (χ3n) is 1.53. The highest BCUT2D eigenvalue weighted by molar-refractivity contribution is 6.16. The maximum Gasteiger partial charge on any atom is 0.128 e. The van der Waals surface area contributed by atoms with Crippen LogP contribution in [0.3, 0.4) is 0 Å². The summed E-state index contributed by atoms with van der Waals surface area (Å²) in [5.74, 6) is 1.28. The molecule has 0 aliphatic rings. The fourth-order valence-electron chi connectivity index (χ4n) is 1.01. The quantitative estimate of drug-likeness (QED) is 0.664. The van der Waals surface area contributed by atoms with Crippen molar-refractivity contribution < 1.29 is 0 Å². The van der Waals surface area contributed by atoms with E-state index < -0.39 is 0 Å². The van der Waals surface area contributed by atoms with Crippen LogP contribution in [0.15, 0.2) is 24.8 Å². The van der Waals surface area contributed by atoms with E-state index >= 15 is 0 Å². The molecule has 3 nitrogen and oxygen atoms in total. The number of halogens is 2. The molecule has 0 atom stereocenters. The molecule has 0 radical (unpaired) electrons. The first-order chi connectivity index (χ1) is 5.42. The second kappa shape index (κ2) is 3.74. The predicted molar refractivity (Wildman–Crippen MR) is 49.8 cm³/mol. The number of nitrogens with zero attached hydrogens (tertiary/aromatic N) is 3. The van der Waals surface area contributed by atoms with Gasteiger partial charge in [-0.3, -0.25) is 9.38 Å². The van der Waals surface area contributed by atoms with Crippen molar-refractivity contribution in [3.8, 4) is 0 Å². The second-order valence-corrected chi connectivity index (χ2v) is 2.45. The lowest BCUT2D eigenvalue weighted by atomic mass is 10.6. The molecule has 0 aliphatic carbocycles. The summed E-state index contributed by atoms with van der Waals surface area (Å²) in [5, 5.41) is 0. The third kappa shape index (κ3) is 1.38. The maximum absolute atomic E-state index is 5.64. The molecule has 2 rings (SSSR count). The fourth-order valence-corrected chi connectivity index (χ4v) is 1.20. The summed E-state index contributed by atoms with van der Waals surface area (Å²) < 4.78 is 1.92. The Hall–Kier alpha value is -0.800. The van der Waals surface area contributed by atoms with Crippen LogP contribution in [0, 0.1) is 0 Å². The Morgan fingerprint density at radius 2 is 2.25 bits per heavy atom. The molecule has 12 heavy (non-hydrogen) atoms. The Bertz CT molecular complexity index is 371. The molecule has 0 bridgehead atoms. The lowest BCUT2D eigenvalue weighted by molar-refractivity contribution is 1.01. The van der Waals surface area contributed by atoms with E-state index in [0.29, 0.717) is 5.88 Å². The number of fused-ring (bicyclic) bond motifs is 1. The molecule has 0 aliphatic heterocycles. The Morgan fingerprint density at radius 1 is 1.42 bits per heavy atom. The zero-order chi connectivity index (χ0) is 7.68. The van der Waals surface area contributed by atoms with Crippen molar-refractivity contribution >= 4 is 29.5 Å². The highest BCUT2D eigenvalue weighted by Crippen LogP contribution is 2.05. The van der Waals surface area contributed by atoms with Crippen LogP contribution in [-0.2, 0) is 5.88 Å². The number of rotatable bonds is 1. The van der Waals surface area contributed by atoms with E-state index in [-0.39, 0.29) is 12.4 Å². The van der Waals surface area contributed by atoms with Gasteiger partial charge >= 0.3 is 0 Å². The van der Waals surface area contributed by atoms with E-state index in [4.69, 9.17) is 11.6 Å². The standard InChI is InChI=1S/C7H6ClN3.ClH/c8-3-7-10-5-6-4-9-1-2-11(6)7;/h1-2,4-5H,3H2;1H. The maximum atomic E-state index is 5.64. The van der Waals surface area contributed by atoms with Crippen LogP contribution >= 0.6 is 24.0 Å². The smallest absolute Gasteiger partial charge is 0.128 e. The summed E-state index contributed by atoms with van der Waals surface area (Å²) in [4.78, 5) is 8.06. The second-order valence-electron chi connectivity index (χ2n) is 2.18. The van der Waals surface area contributed by atoms with Crippen molar-refractivity contribution in [2.24, 2.45) is 0 Å². The van der Waals surface area contributed by atoms with Gasteiger partial charge in [-0.15, -0.1) is 24.0 Å². The summed E-state index contributed by atoms with van der Waals surface area (Å²) in [6, 6.07) is 0. The zero-order valence-corrected chi connectivity index (χ0v) is 7.72. The first-order valence-electron chi connectivity index (χ1n) is 3.24. The lowest BCUT2D eigenvalue weighted by Crippen LogP contribution is -1.90. The molecule has 64 valence electrons.